The van der Waals surface area contributed by atoms with Gasteiger partial charge in [-0.25, -0.2) is 0 Å². The Labute approximate surface area is 142 Å². The topological polar surface area (TPSA) is 56.1 Å². The quantitative estimate of drug-likeness (QED) is 0.816. The van der Waals surface area contributed by atoms with E-state index < -0.39 is 0 Å². The van der Waals surface area contributed by atoms with Gasteiger partial charge in [0.2, 0.25) is 0 Å². The van der Waals surface area contributed by atoms with Gasteiger partial charge in [-0.3, -0.25) is 0 Å². The maximum absolute atomic E-state index is 6.37. The van der Waals surface area contributed by atoms with Crippen LogP contribution in [0.1, 0.15) is 39.0 Å². The third-order valence-electron chi connectivity index (χ3n) is 4.96. The summed E-state index contributed by atoms with van der Waals surface area (Å²) >= 11 is 0. The molecule has 2 atom stereocenters. The highest BCUT2D eigenvalue weighted by atomic mass is 16.5. The van der Waals surface area contributed by atoms with Crippen molar-refractivity contribution in [3.05, 3.63) is 30.3 Å². The summed E-state index contributed by atoms with van der Waals surface area (Å²) in [6.45, 7) is 3.99. The normalized spacial score (nSPS) is 24.3. The monoisotopic (exact) mass is 327 g/mol. The maximum Gasteiger partial charge on any atom is 0.250 e. The van der Waals surface area contributed by atoms with E-state index in [2.05, 4.69) is 27.3 Å². The Hall–Kier alpha value is -1.95. The highest BCUT2D eigenvalue weighted by Crippen LogP contribution is 2.38. The summed E-state index contributed by atoms with van der Waals surface area (Å²) in [6.07, 6.45) is 6.72. The number of benzene rings is 1. The molecule has 0 spiro atoms. The number of unbranched alkanes of at least 4 members (excludes halogenated alkanes) is 1. The fourth-order valence-electron chi connectivity index (χ4n) is 3.47. The number of hydrogen-bond donors (Lipinski definition) is 0. The molecule has 0 unspecified atom stereocenters. The van der Waals surface area contributed by atoms with E-state index in [-0.39, 0.29) is 6.10 Å². The first-order valence-corrected chi connectivity index (χ1v) is 9.09. The second-order valence-corrected chi connectivity index (χ2v) is 6.91. The molecule has 1 saturated heterocycles. The van der Waals surface area contributed by atoms with E-state index in [9.17, 15) is 0 Å². The number of tetrazole rings is 1. The fourth-order valence-corrected chi connectivity index (χ4v) is 3.47. The molecule has 24 heavy (non-hydrogen) atoms. The van der Waals surface area contributed by atoms with Gasteiger partial charge in [0.15, 0.2) is 0 Å². The number of para-hydroxylation sites is 1. The number of morpholine rings is 1. The number of rotatable bonds is 6. The molecule has 1 aliphatic carbocycles. The van der Waals surface area contributed by atoms with E-state index in [1.807, 2.05) is 35.0 Å². The van der Waals surface area contributed by atoms with Crippen LogP contribution >= 0.6 is 0 Å². The average Bonchev–Trinajstić information content (AvgIpc) is 3.37. The van der Waals surface area contributed by atoms with Crippen LogP contribution in [-0.4, -0.2) is 45.5 Å². The van der Waals surface area contributed by atoms with E-state index in [0.29, 0.717) is 6.10 Å². The zero-order valence-electron chi connectivity index (χ0n) is 14.2. The van der Waals surface area contributed by atoms with Crippen LogP contribution in [0.3, 0.4) is 0 Å². The summed E-state index contributed by atoms with van der Waals surface area (Å²) in [7, 11) is 0. The Balaban J connectivity index is 1.57. The minimum absolute atomic E-state index is 0.283. The lowest BCUT2D eigenvalue weighted by Crippen LogP contribution is -2.49. The van der Waals surface area contributed by atoms with Crippen LogP contribution in [0.5, 0.6) is 0 Å². The number of hydrogen-bond acceptors (Lipinski definition) is 5. The van der Waals surface area contributed by atoms with E-state index in [1.54, 1.807) is 0 Å². The van der Waals surface area contributed by atoms with Crippen LogP contribution in [-0.2, 0) is 4.74 Å². The summed E-state index contributed by atoms with van der Waals surface area (Å²) in [5.41, 5.74) is 0.997. The molecule has 1 aromatic heterocycles. The summed E-state index contributed by atoms with van der Waals surface area (Å²) < 4.78 is 8.21. The van der Waals surface area contributed by atoms with Gasteiger partial charge in [-0.15, -0.1) is 0 Å². The molecule has 6 nitrogen and oxygen atoms in total. The van der Waals surface area contributed by atoms with Crippen molar-refractivity contribution in [2.24, 2.45) is 5.92 Å². The predicted molar refractivity (Wildman–Crippen MR) is 92.3 cm³/mol. The molecule has 4 rings (SSSR count). The first-order valence-electron chi connectivity index (χ1n) is 9.09. The highest BCUT2D eigenvalue weighted by molar-refractivity contribution is 5.41. The molecule has 0 bridgehead atoms. The second kappa shape index (κ2) is 6.89. The minimum atomic E-state index is 0.283. The van der Waals surface area contributed by atoms with Crippen molar-refractivity contribution in [2.75, 3.05) is 18.0 Å². The molecular formula is C18H25N5O. The van der Waals surface area contributed by atoms with Crippen molar-refractivity contribution < 1.29 is 4.74 Å². The van der Waals surface area contributed by atoms with Gasteiger partial charge in [-0.2, -0.15) is 4.68 Å². The molecule has 6 heteroatoms. The Morgan fingerprint density at radius 2 is 2.00 bits per heavy atom. The number of ether oxygens (including phenoxy) is 1. The van der Waals surface area contributed by atoms with Gasteiger partial charge in [0, 0.05) is 13.1 Å². The molecular weight excluding hydrogens is 302 g/mol. The van der Waals surface area contributed by atoms with Crippen molar-refractivity contribution in [1.29, 1.82) is 0 Å². The molecule has 128 valence electrons. The summed E-state index contributed by atoms with van der Waals surface area (Å²) in [5, 5.41) is 12.5. The van der Waals surface area contributed by atoms with Crippen molar-refractivity contribution in [2.45, 2.75) is 51.2 Å². The molecule has 2 aliphatic rings. The van der Waals surface area contributed by atoms with E-state index in [0.717, 1.165) is 37.1 Å². The third-order valence-corrected chi connectivity index (χ3v) is 4.96. The summed E-state index contributed by atoms with van der Waals surface area (Å²) in [6, 6.07) is 10.1. The molecule has 2 aromatic rings. The molecule has 0 N–H and O–H groups in total. The lowest BCUT2D eigenvalue weighted by atomic mass is 10.1. The third kappa shape index (κ3) is 3.29. The minimum Gasteiger partial charge on any atom is -0.371 e. The molecule has 0 amide bonds. The predicted octanol–water partition coefficient (Wildman–Crippen LogP) is 2.84. The van der Waals surface area contributed by atoms with Gasteiger partial charge in [-0.05, 0) is 47.7 Å². The van der Waals surface area contributed by atoms with Crippen LogP contribution in [0.15, 0.2) is 30.3 Å². The van der Waals surface area contributed by atoms with E-state index in [4.69, 9.17) is 4.74 Å². The lowest BCUT2D eigenvalue weighted by Gasteiger charge is -2.38. The Bertz CT molecular complexity index is 654. The molecule has 0 radical (unpaired) electrons. The fraction of sp³-hybridized carbons (Fsp3) is 0.611. The Kier molecular flexibility index (Phi) is 4.47. The van der Waals surface area contributed by atoms with Gasteiger partial charge in [0.25, 0.3) is 5.95 Å². The standard InChI is InChI=1S/C18H25N5O/c1-2-3-9-16-12-22(13-17(24-16)14-10-11-14)18-19-20-21-23(18)15-7-5-4-6-8-15/h4-8,14,16-17H,2-3,9-13H2,1H3/t16-,17-/m1/s1. The van der Waals surface area contributed by atoms with Crippen LogP contribution in [0, 0.1) is 5.92 Å². The molecule has 2 fully saturated rings. The van der Waals surface area contributed by atoms with E-state index >= 15 is 0 Å². The molecule has 1 aromatic carbocycles. The van der Waals surface area contributed by atoms with Crippen LogP contribution in [0.2, 0.25) is 0 Å². The number of nitrogens with zero attached hydrogens (tertiary/aromatic N) is 5. The number of anilines is 1. The Morgan fingerprint density at radius 1 is 1.17 bits per heavy atom. The molecule has 2 heterocycles. The zero-order valence-corrected chi connectivity index (χ0v) is 14.2. The summed E-state index contributed by atoms with van der Waals surface area (Å²) in [5.74, 6) is 1.55. The first-order chi connectivity index (χ1) is 11.8. The molecule has 1 aliphatic heterocycles. The SMILES string of the molecule is CCCC[C@@H]1CN(c2nnnn2-c2ccccc2)C[C@H](C2CC2)O1. The highest BCUT2D eigenvalue weighted by Gasteiger charge is 2.39. The van der Waals surface area contributed by atoms with Crippen molar-refractivity contribution >= 4 is 5.95 Å². The maximum atomic E-state index is 6.37. The van der Waals surface area contributed by atoms with Crippen molar-refractivity contribution in [3.63, 3.8) is 0 Å². The lowest BCUT2D eigenvalue weighted by molar-refractivity contribution is -0.0415. The average molecular weight is 327 g/mol. The van der Waals surface area contributed by atoms with Crippen molar-refractivity contribution in [1.82, 2.24) is 20.2 Å². The van der Waals surface area contributed by atoms with Crippen LogP contribution in [0.25, 0.3) is 5.69 Å². The largest absolute Gasteiger partial charge is 0.371 e. The van der Waals surface area contributed by atoms with Gasteiger partial charge < -0.3 is 9.64 Å². The van der Waals surface area contributed by atoms with Gasteiger partial charge in [0.05, 0.1) is 17.9 Å². The number of aromatic nitrogens is 4. The summed E-state index contributed by atoms with van der Waals surface area (Å²) in [4.78, 5) is 2.32. The first kappa shape index (κ1) is 15.6. The van der Waals surface area contributed by atoms with Gasteiger partial charge >= 0.3 is 0 Å². The molecule has 1 saturated carbocycles. The van der Waals surface area contributed by atoms with Crippen LogP contribution < -0.4 is 4.90 Å². The Morgan fingerprint density at radius 3 is 2.75 bits per heavy atom. The smallest absolute Gasteiger partial charge is 0.250 e. The van der Waals surface area contributed by atoms with Crippen molar-refractivity contribution in [3.8, 4) is 5.69 Å². The van der Waals surface area contributed by atoms with E-state index in [1.165, 1.54) is 25.7 Å². The second-order valence-electron chi connectivity index (χ2n) is 6.91. The van der Waals surface area contributed by atoms with Gasteiger partial charge in [-0.1, -0.05) is 43.1 Å². The van der Waals surface area contributed by atoms with Crippen LogP contribution in [0.4, 0.5) is 5.95 Å². The zero-order chi connectivity index (χ0) is 16.4. The van der Waals surface area contributed by atoms with Gasteiger partial charge in [0.1, 0.15) is 0 Å².